The summed E-state index contributed by atoms with van der Waals surface area (Å²) < 4.78 is 37.1. The van der Waals surface area contributed by atoms with Gasteiger partial charge < -0.3 is 0 Å². The van der Waals surface area contributed by atoms with Crippen molar-refractivity contribution in [1.29, 1.82) is 0 Å². The van der Waals surface area contributed by atoms with Gasteiger partial charge in [0.2, 0.25) is 0 Å². The summed E-state index contributed by atoms with van der Waals surface area (Å²) in [6.07, 6.45) is -4.25. The minimum atomic E-state index is -4.25. The molecule has 0 spiro atoms. The number of alkyl halides is 3. The molecule has 0 fully saturated rings. The first kappa shape index (κ1) is 11.2. The number of hydrogen-bond donors (Lipinski definition) is 0. The molecule has 0 unspecified atom stereocenters. The zero-order chi connectivity index (χ0) is 10.9. The lowest BCUT2D eigenvalue weighted by Crippen LogP contribution is -2.20. The molecule has 0 nitrogen and oxygen atoms in total. The van der Waals surface area contributed by atoms with Crippen molar-refractivity contribution in [2.75, 3.05) is 0 Å². The van der Waals surface area contributed by atoms with E-state index in [1.165, 1.54) is 12.1 Å². The second-order valence-corrected chi connectivity index (χ2v) is 3.31. The van der Waals surface area contributed by atoms with Crippen LogP contribution in [0.3, 0.4) is 0 Å². The third kappa shape index (κ3) is 2.11. The standard InChI is InChI=1S/C10H11BF3/c1-6-4-8(10(12,13)14)5-7(2)9(6)11-3/h4-5H,1-3H3. The first-order chi connectivity index (χ1) is 6.36. The molecule has 0 N–H and O–H groups in total. The van der Waals surface area contributed by atoms with Crippen LogP contribution in [0.5, 0.6) is 0 Å². The Kier molecular flexibility index (Phi) is 2.93. The molecule has 0 aliphatic heterocycles. The average Bonchev–Trinajstić information content (AvgIpc) is 2.01. The van der Waals surface area contributed by atoms with Gasteiger partial charge in [-0.25, -0.2) is 0 Å². The molecule has 0 saturated carbocycles. The molecule has 0 aliphatic carbocycles. The fourth-order valence-corrected chi connectivity index (χ4v) is 1.59. The van der Waals surface area contributed by atoms with Crippen molar-refractivity contribution in [1.82, 2.24) is 0 Å². The molecule has 0 amide bonds. The third-order valence-corrected chi connectivity index (χ3v) is 2.21. The van der Waals surface area contributed by atoms with Crippen LogP contribution in [0.15, 0.2) is 12.1 Å². The van der Waals surface area contributed by atoms with Crippen molar-refractivity contribution < 1.29 is 13.2 Å². The number of hydrogen-bond acceptors (Lipinski definition) is 0. The molecular weight excluding hydrogens is 188 g/mol. The van der Waals surface area contributed by atoms with E-state index in [4.69, 9.17) is 0 Å². The Morgan fingerprint density at radius 1 is 1.07 bits per heavy atom. The Morgan fingerprint density at radius 3 is 1.79 bits per heavy atom. The van der Waals surface area contributed by atoms with E-state index in [1.54, 1.807) is 13.8 Å². The van der Waals surface area contributed by atoms with Crippen molar-refractivity contribution in [3.05, 3.63) is 28.8 Å². The molecule has 1 aromatic carbocycles. The highest BCUT2D eigenvalue weighted by atomic mass is 19.4. The minimum Gasteiger partial charge on any atom is -0.166 e. The molecule has 0 atom stereocenters. The van der Waals surface area contributed by atoms with Gasteiger partial charge in [-0.3, -0.25) is 0 Å². The van der Waals surface area contributed by atoms with Crippen molar-refractivity contribution in [2.45, 2.75) is 26.8 Å². The molecule has 1 radical (unpaired) electrons. The van der Waals surface area contributed by atoms with E-state index in [9.17, 15) is 13.2 Å². The van der Waals surface area contributed by atoms with Crippen molar-refractivity contribution >= 4 is 12.7 Å². The zero-order valence-corrected chi connectivity index (χ0v) is 8.37. The van der Waals surface area contributed by atoms with Gasteiger partial charge >= 0.3 is 6.18 Å². The molecular formula is C10H11BF3. The van der Waals surface area contributed by atoms with Crippen LogP contribution in [0.25, 0.3) is 0 Å². The largest absolute Gasteiger partial charge is 0.416 e. The van der Waals surface area contributed by atoms with Crippen LogP contribution in [-0.4, -0.2) is 7.28 Å². The first-order valence-electron chi connectivity index (χ1n) is 4.34. The van der Waals surface area contributed by atoms with E-state index in [0.717, 1.165) is 5.46 Å². The lowest BCUT2D eigenvalue weighted by molar-refractivity contribution is -0.137. The second-order valence-electron chi connectivity index (χ2n) is 3.31. The Balaban J connectivity index is 3.28. The fraction of sp³-hybridized carbons (Fsp3) is 0.400. The molecule has 4 heteroatoms. The van der Waals surface area contributed by atoms with Crippen LogP contribution in [0, 0.1) is 13.8 Å². The van der Waals surface area contributed by atoms with Crippen molar-refractivity contribution in [3.63, 3.8) is 0 Å². The summed E-state index contributed by atoms with van der Waals surface area (Å²) in [5, 5.41) is 0. The molecule has 0 bridgehead atoms. The molecule has 0 saturated heterocycles. The van der Waals surface area contributed by atoms with E-state index >= 15 is 0 Å². The number of rotatable bonds is 1. The fourth-order valence-electron chi connectivity index (χ4n) is 1.59. The molecule has 0 aliphatic rings. The van der Waals surface area contributed by atoms with Gasteiger partial charge in [0.15, 0.2) is 0 Å². The summed E-state index contributed by atoms with van der Waals surface area (Å²) in [4.78, 5) is 0. The lowest BCUT2D eigenvalue weighted by Gasteiger charge is -2.13. The Bertz CT molecular complexity index is 319. The monoisotopic (exact) mass is 199 g/mol. The van der Waals surface area contributed by atoms with Crippen molar-refractivity contribution in [2.24, 2.45) is 0 Å². The average molecular weight is 199 g/mol. The Morgan fingerprint density at radius 2 is 1.50 bits per heavy atom. The van der Waals surface area contributed by atoms with Gasteiger partial charge in [-0.1, -0.05) is 23.4 Å². The summed E-state index contributed by atoms with van der Waals surface area (Å²) in [6, 6.07) is 2.37. The van der Waals surface area contributed by atoms with E-state index in [-0.39, 0.29) is 0 Å². The van der Waals surface area contributed by atoms with Crippen LogP contribution in [0.2, 0.25) is 6.82 Å². The number of aryl methyl sites for hydroxylation is 2. The van der Waals surface area contributed by atoms with Gasteiger partial charge in [0, 0.05) is 0 Å². The van der Waals surface area contributed by atoms with Crippen LogP contribution >= 0.6 is 0 Å². The zero-order valence-electron chi connectivity index (χ0n) is 8.37. The van der Waals surface area contributed by atoms with Gasteiger partial charge in [-0.15, -0.1) is 0 Å². The smallest absolute Gasteiger partial charge is 0.166 e. The van der Waals surface area contributed by atoms with Crippen LogP contribution < -0.4 is 5.46 Å². The van der Waals surface area contributed by atoms with Crippen LogP contribution in [0.1, 0.15) is 16.7 Å². The lowest BCUT2D eigenvalue weighted by atomic mass is 9.68. The van der Waals surface area contributed by atoms with Gasteiger partial charge in [0.1, 0.15) is 7.28 Å². The summed E-state index contributed by atoms with van der Waals surface area (Å²) in [6.45, 7) is 5.21. The van der Waals surface area contributed by atoms with Crippen molar-refractivity contribution in [3.8, 4) is 0 Å². The Labute approximate surface area is 82.4 Å². The van der Waals surface area contributed by atoms with E-state index in [0.29, 0.717) is 11.1 Å². The molecule has 14 heavy (non-hydrogen) atoms. The van der Waals surface area contributed by atoms with E-state index in [2.05, 4.69) is 0 Å². The maximum atomic E-state index is 12.4. The highest BCUT2D eigenvalue weighted by molar-refractivity contribution is 6.53. The molecule has 1 rings (SSSR count). The molecule has 1 aromatic rings. The molecule has 0 aromatic heterocycles. The predicted octanol–water partition coefficient (Wildman–Crippen LogP) is 2.70. The van der Waals surface area contributed by atoms with Crippen LogP contribution in [0.4, 0.5) is 13.2 Å². The molecule has 75 valence electrons. The predicted molar refractivity (Wildman–Crippen MR) is 52.2 cm³/mol. The maximum Gasteiger partial charge on any atom is 0.416 e. The number of halogens is 3. The van der Waals surface area contributed by atoms with Gasteiger partial charge in [-0.2, -0.15) is 13.2 Å². The summed E-state index contributed by atoms with van der Waals surface area (Å²) in [5.41, 5.74) is 1.65. The SMILES string of the molecule is C[B]c1c(C)cc(C(F)(F)F)cc1C. The highest BCUT2D eigenvalue weighted by Crippen LogP contribution is 2.29. The summed E-state index contributed by atoms with van der Waals surface area (Å²) in [7, 11) is 1.82. The summed E-state index contributed by atoms with van der Waals surface area (Å²) in [5.74, 6) is 0. The Hall–Kier alpha value is -0.925. The minimum absolute atomic E-state index is 0.571. The topological polar surface area (TPSA) is 0 Å². The highest BCUT2D eigenvalue weighted by Gasteiger charge is 2.31. The quantitative estimate of drug-likeness (QED) is 0.610. The third-order valence-electron chi connectivity index (χ3n) is 2.21. The normalized spacial score (nSPS) is 11.6. The van der Waals surface area contributed by atoms with Crippen LogP contribution in [-0.2, 0) is 6.18 Å². The van der Waals surface area contributed by atoms with E-state index in [1.807, 2.05) is 14.1 Å². The number of benzene rings is 1. The first-order valence-corrected chi connectivity index (χ1v) is 4.34. The van der Waals surface area contributed by atoms with Gasteiger partial charge in [0.25, 0.3) is 0 Å². The maximum absolute atomic E-state index is 12.4. The van der Waals surface area contributed by atoms with Gasteiger partial charge in [-0.05, 0) is 26.0 Å². The second kappa shape index (κ2) is 3.68. The molecule has 0 heterocycles. The summed E-state index contributed by atoms with van der Waals surface area (Å²) >= 11 is 0. The van der Waals surface area contributed by atoms with E-state index < -0.39 is 11.7 Å². The van der Waals surface area contributed by atoms with Gasteiger partial charge in [0.05, 0.1) is 5.56 Å².